The van der Waals surface area contributed by atoms with Crippen molar-refractivity contribution in [1.82, 2.24) is 5.32 Å². The van der Waals surface area contributed by atoms with Crippen molar-refractivity contribution < 1.29 is 14.7 Å². The molecule has 2 N–H and O–H groups in total. The van der Waals surface area contributed by atoms with Crippen molar-refractivity contribution in [2.75, 3.05) is 7.05 Å². The first-order valence-corrected chi connectivity index (χ1v) is 6.14. The average molecular weight is 261 g/mol. The lowest BCUT2D eigenvalue weighted by Crippen LogP contribution is -2.17. The number of carbonyl (C=O) groups excluding carboxylic acids is 1. The second-order valence-corrected chi connectivity index (χ2v) is 4.58. The lowest BCUT2D eigenvalue weighted by Gasteiger charge is -2.02. The number of aromatic carboxylic acids is 1. The molecule has 1 aromatic carbocycles. The Hall–Kier alpha value is -2.14. The maximum Gasteiger partial charge on any atom is 0.345 e. The first kappa shape index (κ1) is 12.3. The first-order valence-electron chi connectivity index (χ1n) is 5.26. The van der Waals surface area contributed by atoms with E-state index in [1.807, 2.05) is 6.07 Å². The van der Waals surface area contributed by atoms with Gasteiger partial charge in [-0.1, -0.05) is 12.1 Å². The van der Waals surface area contributed by atoms with Gasteiger partial charge in [0.2, 0.25) is 0 Å². The van der Waals surface area contributed by atoms with E-state index in [0.29, 0.717) is 5.56 Å². The molecule has 2 aromatic rings. The van der Waals surface area contributed by atoms with Crippen molar-refractivity contribution >= 4 is 23.2 Å². The molecule has 0 saturated heterocycles. The molecule has 0 radical (unpaired) electrons. The fraction of sp³-hybridized carbons (Fsp3) is 0.0769. The van der Waals surface area contributed by atoms with Gasteiger partial charge in [0.05, 0.1) is 0 Å². The Balaban J connectivity index is 2.38. The molecule has 5 heteroatoms. The topological polar surface area (TPSA) is 66.4 Å². The Morgan fingerprint density at radius 3 is 2.61 bits per heavy atom. The van der Waals surface area contributed by atoms with Gasteiger partial charge in [-0.25, -0.2) is 4.79 Å². The number of thiophene rings is 1. The summed E-state index contributed by atoms with van der Waals surface area (Å²) in [6.07, 6.45) is 0. The van der Waals surface area contributed by atoms with Crippen LogP contribution in [0.15, 0.2) is 35.7 Å². The van der Waals surface area contributed by atoms with E-state index in [1.165, 1.54) is 11.3 Å². The van der Waals surface area contributed by atoms with Gasteiger partial charge in [0, 0.05) is 12.6 Å². The highest BCUT2D eigenvalue weighted by Crippen LogP contribution is 2.26. The number of hydrogen-bond donors (Lipinski definition) is 2. The molecule has 1 heterocycles. The molecule has 0 saturated carbocycles. The summed E-state index contributed by atoms with van der Waals surface area (Å²) in [5.41, 5.74) is 2.20. The van der Waals surface area contributed by atoms with Crippen LogP contribution in [0.25, 0.3) is 11.1 Å². The summed E-state index contributed by atoms with van der Waals surface area (Å²) in [7, 11) is 1.57. The summed E-state index contributed by atoms with van der Waals surface area (Å²) in [5.74, 6) is -1.10. The van der Waals surface area contributed by atoms with E-state index >= 15 is 0 Å². The highest BCUT2D eigenvalue weighted by Gasteiger charge is 2.10. The molecule has 1 amide bonds. The van der Waals surface area contributed by atoms with E-state index in [0.717, 1.165) is 11.1 Å². The molecule has 18 heavy (non-hydrogen) atoms. The van der Waals surface area contributed by atoms with Gasteiger partial charge in [-0.2, -0.15) is 0 Å². The molecule has 4 nitrogen and oxygen atoms in total. The van der Waals surface area contributed by atoms with E-state index in [9.17, 15) is 9.59 Å². The fourth-order valence-electron chi connectivity index (χ4n) is 1.58. The van der Waals surface area contributed by atoms with Crippen LogP contribution in [0.1, 0.15) is 20.0 Å². The minimum Gasteiger partial charge on any atom is -0.477 e. The third kappa shape index (κ3) is 2.41. The molecule has 0 aliphatic heterocycles. The third-order valence-electron chi connectivity index (χ3n) is 2.50. The number of carboxylic acids is 1. The minimum absolute atomic E-state index is 0.162. The van der Waals surface area contributed by atoms with Crippen molar-refractivity contribution in [2.45, 2.75) is 0 Å². The molecule has 92 valence electrons. The largest absolute Gasteiger partial charge is 0.477 e. The summed E-state index contributed by atoms with van der Waals surface area (Å²) in [4.78, 5) is 22.6. The van der Waals surface area contributed by atoms with Crippen LogP contribution in [0.5, 0.6) is 0 Å². The number of amides is 1. The van der Waals surface area contributed by atoms with Gasteiger partial charge in [-0.15, -0.1) is 11.3 Å². The Bertz CT molecular complexity index is 604. The molecule has 1 aromatic heterocycles. The standard InChI is InChI=1S/C13H11NO3S/c1-14-12(15)9-4-2-3-8(5-9)10-6-11(13(16)17)18-7-10/h2-7H,1H3,(H,14,15)(H,16,17). The summed E-state index contributed by atoms with van der Waals surface area (Å²) < 4.78 is 0. The smallest absolute Gasteiger partial charge is 0.345 e. The second kappa shape index (κ2) is 5.01. The van der Waals surface area contributed by atoms with E-state index in [1.54, 1.807) is 36.7 Å². The predicted octanol–water partition coefficient (Wildman–Crippen LogP) is 2.47. The van der Waals surface area contributed by atoms with Gasteiger partial charge in [0.15, 0.2) is 0 Å². The number of nitrogens with one attached hydrogen (secondary N) is 1. The number of carboxylic acid groups (broad SMARTS) is 1. The molecular formula is C13H11NO3S. The Morgan fingerprint density at radius 1 is 1.22 bits per heavy atom. The van der Waals surface area contributed by atoms with Crippen molar-refractivity contribution in [3.63, 3.8) is 0 Å². The number of rotatable bonds is 3. The van der Waals surface area contributed by atoms with Crippen LogP contribution < -0.4 is 5.32 Å². The molecule has 0 bridgehead atoms. The summed E-state index contributed by atoms with van der Waals surface area (Å²) in [5, 5.41) is 13.2. The zero-order valence-corrected chi connectivity index (χ0v) is 10.5. The van der Waals surface area contributed by atoms with Crippen molar-refractivity contribution in [3.05, 3.63) is 46.2 Å². The molecule has 0 unspecified atom stereocenters. The number of benzene rings is 1. The predicted molar refractivity (Wildman–Crippen MR) is 70.1 cm³/mol. The highest BCUT2D eigenvalue weighted by atomic mass is 32.1. The zero-order chi connectivity index (χ0) is 13.1. The SMILES string of the molecule is CNC(=O)c1cccc(-c2csc(C(=O)O)c2)c1. The normalized spacial score (nSPS) is 10.1. The Labute approximate surface area is 108 Å². The summed E-state index contributed by atoms with van der Waals surface area (Å²) in [6.45, 7) is 0. The van der Waals surface area contributed by atoms with Crippen LogP contribution in [-0.4, -0.2) is 24.0 Å². The van der Waals surface area contributed by atoms with Gasteiger partial charge in [0.25, 0.3) is 5.91 Å². The van der Waals surface area contributed by atoms with Gasteiger partial charge >= 0.3 is 5.97 Å². The Morgan fingerprint density at radius 2 is 2.00 bits per heavy atom. The molecule has 0 spiro atoms. The quantitative estimate of drug-likeness (QED) is 0.892. The molecule has 0 aliphatic carbocycles. The monoisotopic (exact) mass is 261 g/mol. The van der Waals surface area contributed by atoms with E-state index in [4.69, 9.17) is 5.11 Å². The maximum absolute atomic E-state index is 11.5. The van der Waals surface area contributed by atoms with Gasteiger partial charge in [-0.05, 0) is 34.7 Å². The van der Waals surface area contributed by atoms with E-state index < -0.39 is 5.97 Å². The maximum atomic E-state index is 11.5. The third-order valence-corrected chi connectivity index (χ3v) is 3.41. The summed E-state index contributed by atoms with van der Waals surface area (Å²) >= 11 is 1.17. The molecule has 0 aliphatic rings. The van der Waals surface area contributed by atoms with Gasteiger partial charge < -0.3 is 10.4 Å². The van der Waals surface area contributed by atoms with Crippen LogP contribution in [0, 0.1) is 0 Å². The van der Waals surface area contributed by atoms with Crippen molar-refractivity contribution in [3.8, 4) is 11.1 Å². The second-order valence-electron chi connectivity index (χ2n) is 3.66. The van der Waals surface area contributed by atoms with Crippen LogP contribution in [-0.2, 0) is 0 Å². The molecular weight excluding hydrogens is 250 g/mol. The van der Waals surface area contributed by atoms with Crippen LogP contribution >= 0.6 is 11.3 Å². The highest BCUT2D eigenvalue weighted by molar-refractivity contribution is 7.12. The molecule has 0 fully saturated rings. The Kier molecular flexibility index (Phi) is 3.43. The lowest BCUT2D eigenvalue weighted by molar-refractivity contribution is 0.0702. The minimum atomic E-state index is -0.936. The van der Waals surface area contributed by atoms with Crippen LogP contribution in [0.3, 0.4) is 0 Å². The molecule has 0 atom stereocenters. The number of carbonyl (C=O) groups is 2. The van der Waals surface area contributed by atoms with Gasteiger partial charge in [-0.3, -0.25) is 4.79 Å². The van der Waals surface area contributed by atoms with Crippen LogP contribution in [0.2, 0.25) is 0 Å². The molecule has 2 rings (SSSR count). The van der Waals surface area contributed by atoms with Crippen LogP contribution in [0.4, 0.5) is 0 Å². The van der Waals surface area contributed by atoms with E-state index in [-0.39, 0.29) is 10.8 Å². The first-order chi connectivity index (χ1) is 8.61. The lowest BCUT2D eigenvalue weighted by atomic mass is 10.1. The fourth-order valence-corrected chi connectivity index (χ4v) is 2.34. The summed E-state index contributed by atoms with van der Waals surface area (Å²) in [6, 6.07) is 8.69. The number of hydrogen-bond acceptors (Lipinski definition) is 3. The van der Waals surface area contributed by atoms with E-state index in [2.05, 4.69) is 5.32 Å². The zero-order valence-electron chi connectivity index (χ0n) is 9.64. The average Bonchev–Trinajstić information content (AvgIpc) is 2.88. The van der Waals surface area contributed by atoms with Gasteiger partial charge in [0.1, 0.15) is 4.88 Å². The van der Waals surface area contributed by atoms with Crippen molar-refractivity contribution in [1.29, 1.82) is 0 Å². The van der Waals surface area contributed by atoms with Crippen molar-refractivity contribution in [2.24, 2.45) is 0 Å².